The average molecular weight is 839 g/mol. The topological polar surface area (TPSA) is 157 Å². The minimum atomic E-state index is -0.619. The Hall–Kier alpha value is -6.46. The van der Waals surface area contributed by atoms with E-state index in [9.17, 15) is 24.3 Å². The van der Waals surface area contributed by atoms with Crippen LogP contribution in [-0.2, 0) is 44.9 Å². The van der Waals surface area contributed by atoms with Crippen LogP contribution in [-0.4, -0.2) is 63.1 Å². The molecule has 11 heteroatoms. The highest BCUT2D eigenvalue weighted by Gasteiger charge is 2.25. The summed E-state index contributed by atoms with van der Waals surface area (Å²) in [5, 5.41) is 18.9. The van der Waals surface area contributed by atoms with E-state index in [-0.39, 0.29) is 44.1 Å². The van der Waals surface area contributed by atoms with Crippen molar-refractivity contribution in [2.45, 2.75) is 97.4 Å². The molecule has 0 aliphatic heterocycles. The van der Waals surface area contributed by atoms with Crippen molar-refractivity contribution >= 4 is 45.3 Å². The number of carbonyl (C=O) groups excluding carboxylic acids is 4. The van der Waals surface area contributed by atoms with Gasteiger partial charge in [0.15, 0.2) is 0 Å². The van der Waals surface area contributed by atoms with Crippen LogP contribution in [0.25, 0.3) is 21.5 Å². The van der Waals surface area contributed by atoms with Gasteiger partial charge in [0.2, 0.25) is 0 Å². The van der Waals surface area contributed by atoms with Crippen LogP contribution in [0.4, 0.5) is 9.59 Å². The molecule has 6 rings (SSSR count). The number of Topliss-reactive ketones (excluding diaryl/α,β-unsaturated/α-hetero) is 2. The summed E-state index contributed by atoms with van der Waals surface area (Å²) in [5.41, 5.74) is 4.27. The lowest BCUT2D eigenvalue weighted by Crippen LogP contribution is -2.36. The van der Waals surface area contributed by atoms with Gasteiger partial charge >= 0.3 is 12.2 Å². The number of benzene rings is 4. The van der Waals surface area contributed by atoms with Crippen molar-refractivity contribution in [1.29, 1.82) is 0 Å². The number of amides is 2. The Morgan fingerprint density at radius 2 is 0.935 bits per heavy atom. The Bertz CT molecular complexity index is 2280. The number of aryl methyl sites for hydroxylation is 1. The number of carbonyl (C=O) groups is 4. The summed E-state index contributed by atoms with van der Waals surface area (Å²) in [4.78, 5) is 59.1. The second kappa shape index (κ2) is 21.4. The monoisotopic (exact) mass is 838 g/mol. The molecule has 4 aromatic carbocycles. The van der Waals surface area contributed by atoms with Gasteiger partial charge in [-0.3, -0.25) is 19.6 Å². The molecule has 11 nitrogen and oxygen atoms in total. The van der Waals surface area contributed by atoms with E-state index in [2.05, 4.69) is 27.5 Å². The summed E-state index contributed by atoms with van der Waals surface area (Å²) in [5.74, 6) is -0.949. The molecule has 0 fully saturated rings. The maximum atomic E-state index is 13.3. The van der Waals surface area contributed by atoms with Gasteiger partial charge in [-0.05, 0) is 104 Å². The lowest BCUT2D eigenvalue weighted by atomic mass is 9.90. The van der Waals surface area contributed by atoms with Crippen LogP contribution >= 0.6 is 0 Å². The van der Waals surface area contributed by atoms with E-state index in [0.717, 1.165) is 55.8 Å². The largest absolute Gasteiger partial charge is 0.444 e. The molecule has 2 amide bonds. The van der Waals surface area contributed by atoms with Gasteiger partial charge in [0.05, 0.1) is 18.4 Å². The normalized spacial score (nSPS) is 12.4. The molecule has 0 aliphatic rings. The van der Waals surface area contributed by atoms with Gasteiger partial charge in [-0.2, -0.15) is 0 Å². The first-order valence-corrected chi connectivity index (χ1v) is 20.9. The molecule has 0 saturated carbocycles. The first-order valence-electron chi connectivity index (χ1n) is 20.9. The molecule has 0 saturated heterocycles. The van der Waals surface area contributed by atoms with E-state index in [0.29, 0.717) is 0 Å². The molecule has 2 aromatic heterocycles. The van der Waals surface area contributed by atoms with Gasteiger partial charge in [-0.1, -0.05) is 91.9 Å². The first-order chi connectivity index (χ1) is 29.5. The molecule has 6 aromatic rings. The van der Waals surface area contributed by atoms with E-state index in [4.69, 9.17) is 9.47 Å². The number of aromatic nitrogens is 2. The van der Waals surface area contributed by atoms with Crippen molar-refractivity contribution in [3.63, 3.8) is 0 Å². The number of hydrogen-bond donors (Lipinski definition) is 3. The third-order valence-corrected chi connectivity index (χ3v) is 10.00. The molecule has 324 valence electrons. The van der Waals surface area contributed by atoms with Gasteiger partial charge < -0.3 is 25.2 Å². The second-order valence-corrected chi connectivity index (χ2v) is 17.3. The minimum Gasteiger partial charge on any atom is -0.444 e. The predicted octanol–water partition coefficient (Wildman–Crippen LogP) is 9.36. The summed E-state index contributed by atoms with van der Waals surface area (Å²) < 4.78 is 10.6. The number of nitrogens with zero attached hydrogens (tertiary/aromatic N) is 2. The first kappa shape index (κ1) is 46.6. The summed E-state index contributed by atoms with van der Waals surface area (Å²) in [6, 6.07) is 30.9. The van der Waals surface area contributed by atoms with Gasteiger partial charge in [-0.15, -0.1) is 0 Å². The number of alkyl carbamates (subject to hydrolysis) is 2. The standard InChI is InChI=1S/C26H30N2O3.C25H28N2O4/c1-5-18-6-9-20(10-7-18)23(17-28-25(30)31-26(2,3)4)24(29)15-19-8-11-22-16-27-13-12-21(22)14-19;1-25(2,3)31-24(30)27-15-22(19-7-4-17(16-28)5-8-19)23(29)13-18-6-9-21-14-26-11-10-20(21)12-18/h6-14,16,23H,5,15,17H2,1-4H3,(H,28,30);4-12,14,22,28H,13,15-16H2,1-3H3,(H,27,30). The number of aliphatic hydroxyl groups excluding tert-OH is 1. The summed E-state index contributed by atoms with van der Waals surface area (Å²) in [7, 11) is 0. The third-order valence-electron chi connectivity index (χ3n) is 10.00. The number of ether oxygens (including phenoxy) is 2. The van der Waals surface area contributed by atoms with Crippen molar-refractivity contribution in [1.82, 2.24) is 20.6 Å². The number of fused-ring (bicyclic) bond motifs is 2. The molecule has 0 aliphatic carbocycles. The zero-order chi connectivity index (χ0) is 44.9. The van der Waals surface area contributed by atoms with Gasteiger partial charge in [0.1, 0.15) is 22.8 Å². The highest BCUT2D eigenvalue weighted by atomic mass is 16.6. The quantitative estimate of drug-likeness (QED) is 0.0973. The molecule has 0 radical (unpaired) electrons. The molecule has 62 heavy (non-hydrogen) atoms. The molecule has 0 spiro atoms. The molecular weight excluding hydrogens is 781 g/mol. The van der Waals surface area contributed by atoms with E-state index >= 15 is 0 Å². The Labute approximate surface area is 364 Å². The van der Waals surface area contributed by atoms with Crippen molar-refractivity contribution in [2.75, 3.05) is 13.1 Å². The number of rotatable bonds is 14. The van der Waals surface area contributed by atoms with E-state index in [1.165, 1.54) is 5.56 Å². The fourth-order valence-corrected chi connectivity index (χ4v) is 6.81. The van der Waals surface area contributed by atoms with Crippen LogP contribution < -0.4 is 10.6 Å². The van der Waals surface area contributed by atoms with Gasteiger partial charge in [-0.25, -0.2) is 9.59 Å². The van der Waals surface area contributed by atoms with E-state index in [1.54, 1.807) is 51.5 Å². The smallest absolute Gasteiger partial charge is 0.407 e. The van der Waals surface area contributed by atoms with Crippen LogP contribution in [0.2, 0.25) is 0 Å². The molecular formula is C51H58N4O7. The lowest BCUT2D eigenvalue weighted by Gasteiger charge is -2.22. The number of hydrogen-bond acceptors (Lipinski definition) is 9. The average Bonchev–Trinajstić information content (AvgIpc) is 3.23. The van der Waals surface area contributed by atoms with Crippen LogP contribution in [0.1, 0.15) is 93.7 Å². The second-order valence-electron chi connectivity index (χ2n) is 17.3. The lowest BCUT2D eigenvalue weighted by molar-refractivity contribution is -0.120. The highest BCUT2D eigenvalue weighted by Crippen LogP contribution is 2.24. The predicted molar refractivity (Wildman–Crippen MR) is 243 cm³/mol. The van der Waals surface area contributed by atoms with Crippen molar-refractivity contribution < 1.29 is 33.8 Å². The fourth-order valence-electron chi connectivity index (χ4n) is 6.81. The van der Waals surface area contributed by atoms with Crippen molar-refractivity contribution in [3.05, 3.63) is 155 Å². The van der Waals surface area contributed by atoms with Crippen molar-refractivity contribution in [3.8, 4) is 0 Å². The molecule has 2 heterocycles. The summed E-state index contributed by atoms with van der Waals surface area (Å²) >= 11 is 0. The van der Waals surface area contributed by atoms with Crippen LogP contribution in [0.3, 0.4) is 0 Å². The van der Waals surface area contributed by atoms with Crippen LogP contribution in [0.15, 0.2) is 122 Å². The van der Waals surface area contributed by atoms with Gasteiger partial charge in [0.25, 0.3) is 0 Å². The molecule has 3 N–H and O–H groups in total. The zero-order valence-electron chi connectivity index (χ0n) is 36.7. The number of pyridine rings is 2. The summed E-state index contributed by atoms with van der Waals surface area (Å²) in [6.45, 7) is 13.2. The van der Waals surface area contributed by atoms with Gasteiger partial charge in [0, 0.05) is 61.5 Å². The van der Waals surface area contributed by atoms with E-state index in [1.807, 2.05) is 112 Å². The Morgan fingerprint density at radius 1 is 0.548 bits per heavy atom. The number of aliphatic hydroxyl groups is 1. The Balaban J connectivity index is 0.000000234. The Kier molecular flexibility index (Phi) is 16.1. The maximum Gasteiger partial charge on any atom is 0.407 e. The molecule has 2 atom stereocenters. The highest BCUT2D eigenvalue weighted by molar-refractivity contribution is 5.91. The minimum absolute atomic E-state index is 0.0128. The van der Waals surface area contributed by atoms with Crippen LogP contribution in [0.5, 0.6) is 0 Å². The zero-order valence-corrected chi connectivity index (χ0v) is 36.7. The SMILES string of the molecule is CC(C)(C)OC(=O)NCC(C(=O)Cc1ccc2cnccc2c1)c1ccc(CO)cc1.CCc1ccc(C(CNC(=O)OC(C)(C)C)C(=O)Cc2ccc3cnccc3c2)cc1. The van der Waals surface area contributed by atoms with Crippen LogP contribution in [0, 0.1) is 0 Å². The third kappa shape index (κ3) is 14.3. The molecule has 0 bridgehead atoms. The Morgan fingerprint density at radius 3 is 1.31 bits per heavy atom. The molecule has 2 unspecified atom stereocenters. The number of ketones is 2. The summed E-state index contributed by atoms with van der Waals surface area (Å²) in [6.07, 6.45) is 7.45. The van der Waals surface area contributed by atoms with E-state index < -0.39 is 35.2 Å². The fraction of sp³-hybridized carbons (Fsp3) is 0.333. The maximum absolute atomic E-state index is 13.3. The number of nitrogens with one attached hydrogen (secondary N) is 2. The van der Waals surface area contributed by atoms with Crippen molar-refractivity contribution in [2.24, 2.45) is 0 Å².